The predicted molar refractivity (Wildman–Crippen MR) is 45.2 cm³/mol. The van der Waals surface area contributed by atoms with Crippen LogP contribution in [0.5, 0.6) is 0 Å². The normalized spacial score (nSPS) is 24.9. The van der Waals surface area contributed by atoms with Gasteiger partial charge in [0.25, 0.3) is 0 Å². The molecule has 0 spiro atoms. The minimum absolute atomic E-state index is 0.0823. The average Bonchev–Trinajstić information content (AvgIpc) is 2.15. The molecule has 2 atom stereocenters. The summed E-state index contributed by atoms with van der Waals surface area (Å²) >= 11 is 0. The molecule has 0 aromatic heterocycles. The Morgan fingerprint density at radius 1 is 1.14 bits per heavy atom. The van der Waals surface area contributed by atoms with Crippen LogP contribution in [0.1, 0.15) is 17.2 Å². The van der Waals surface area contributed by atoms with Gasteiger partial charge in [-0.1, -0.05) is 6.08 Å². The summed E-state index contributed by atoms with van der Waals surface area (Å²) in [6, 6.07) is 1.77. The van der Waals surface area contributed by atoms with Crippen LogP contribution >= 0.6 is 0 Å². The van der Waals surface area contributed by atoms with Crippen LogP contribution in [-0.2, 0) is 0 Å². The summed E-state index contributed by atoms with van der Waals surface area (Å²) in [6.45, 7) is 0. The van der Waals surface area contributed by atoms with E-state index in [-0.39, 0.29) is 5.56 Å². The minimum atomic E-state index is -1.56. The van der Waals surface area contributed by atoms with Crippen molar-refractivity contribution in [3.05, 3.63) is 41.0 Å². The lowest BCUT2D eigenvalue weighted by molar-refractivity contribution is 0.102. The van der Waals surface area contributed by atoms with E-state index in [0.717, 1.165) is 18.2 Å². The van der Waals surface area contributed by atoms with Crippen molar-refractivity contribution in [3.8, 4) is 0 Å². The zero-order valence-corrected chi connectivity index (χ0v) is 7.05. The first-order valence-corrected chi connectivity index (χ1v) is 4.09. The molecule has 1 nitrogen and oxygen atoms in total. The second-order valence-corrected chi connectivity index (χ2v) is 3.14. The van der Waals surface area contributed by atoms with E-state index in [1.165, 1.54) is 6.08 Å². The maximum atomic E-state index is 12.9. The maximum absolute atomic E-state index is 12.9. The smallest absolute Gasteiger partial charge is 0.159 e. The molecule has 0 aliphatic heterocycles. The number of hydrogen-bond donors (Lipinski definition) is 1. The van der Waals surface area contributed by atoms with Crippen molar-refractivity contribution in [3.63, 3.8) is 0 Å². The van der Waals surface area contributed by atoms with Gasteiger partial charge in [0, 0.05) is 0 Å². The molecule has 0 saturated carbocycles. The van der Waals surface area contributed by atoms with Gasteiger partial charge in [-0.05, 0) is 29.3 Å². The molecule has 1 aliphatic carbocycles. The van der Waals surface area contributed by atoms with Gasteiger partial charge < -0.3 is 5.11 Å². The molecule has 74 valence electrons. The van der Waals surface area contributed by atoms with Crippen molar-refractivity contribution < 1.29 is 18.3 Å². The molecule has 0 bridgehead atoms. The van der Waals surface area contributed by atoms with Crippen molar-refractivity contribution >= 4 is 6.08 Å². The minimum Gasteiger partial charge on any atom is -0.385 e. The third-order valence-corrected chi connectivity index (χ3v) is 2.21. The topological polar surface area (TPSA) is 20.2 Å². The fourth-order valence-corrected chi connectivity index (χ4v) is 1.45. The molecule has 1 aromatic rings. The van der Waals surface area contributed by atoms with Gasteiger partial charge in [0.1, 0.15) is 12.3 Å². The quantitative estimate of drug-likeness (QED) is 0.681. The van der Waals surface area contributed by atoms with E-state index in [4.69, 9.17) is 0 Å². The van der Waals surface area contributed by atoms with Crippen molar-refractivity contribution in [2.75, 3.05) is 0 Å². The summed E-state index contributed by atoms with van der Waals surface area (Å²) in [7, 11) is 0. The average molecular weight is 200 g/mol. The summed E-state index contributed by atoms with van der Waals surface area (Å²) in [4.78, 5) is 0. The lowest BCUT2D eigenvalue weighted by atomic mass is 9.93. The molecule has 4 heteroatoms. The Kier molecular flexibility index (Phi) is 2.07. The first-order chi connectivity index (χ1) is 6.59. The molecule has 0 fully saturated rings. The van der Waals surface area contributed by atoms with E-state index >= 15 is 0 Å². The van der Waals surface area contributed by atoms with Crippen molar-refractivity contribution in [1.29, 1.82) is 0 Å². The summed E-state index contributed by atoms with van der Waals surface area (Å²) < 4.78 is 38.5. The second kappa shape index (κ2) is 3.13. The van der Waals surface area contributed by atoms with E-state index in [0.29, 0.717) is 5.56 Å². The lowest BCUT2D eigenvalue weighted by Crippen LogP contribution is -2.16. The highest BCUT2D eigenvalue weighted by Crippen LogP contribution is 2.31. The molecule has 2 rings (SSSR count). The van der Waals surface area contributed by atoms with Gasteiger partial charge in [-0.2, -0.15) is 0 Å². The largest absolute Gasteiger partial charge is 0.385 e. The van der Waals surface area contributed by atoms with Crippen LogP contribution in [0.3, 0.4) is 0 Å². The van der Waals surface area contributed by atoms with Crippen LogP contribution in [-0.4, -0.2) is 11.3 Å². The van der Waals surface area contributed by atoms with Gasteiger partial charge in [0.2, 0.25) is 0 Å². The summed E-state index contributed by atoms with van der Waals surface area (Å²) in [5, 5.41) is 9.33. The van der Waals surface area contributed by atoms with E-state index in [1.807, 2.05) is 0 Å². The highest BCUT2D eigenvalue weighted by molar-refractivity contribution is 5.58. The number of alkyl halides is 1. The SMILES string of the molecule is O[C@@H]1c2cc(F)c(F)cc2C=C[C@H]1F. The monoisotopic (exact) mass is 200 g/mol. The molecule has 14 heavy (non-hydrogen) atoms. The number of benzene rings is 1. The Labute approximate surface area is 78.5 Å². The van der Waals surface area contributed by atoms with Crippen LogP contribution in [0, 0.1) is 11.6 Å². The second-order valence-electron chi connectivity index (χ2n) is 3.14. The number of rotatable bonds is 0. The maximum Gasteiger partial charge on any atom is 0.159 e. The molecule has 0 radical (unpaired) electrons. The van der Waals surface area contributed by atoms with Gasteiger partial charge in [-0.3, -0.25) is 0 Å². The molecular weight excluding hydrogens is 193 g/mol. The summed E-state index contributed by atoms with van der Waals surface area (Å²) in [5.41, 5.74) is 0.393. The number of aliphatic hydroxyl groups excluding tert-OH is 1. The fraction of sp³-hybridized carbons (Fsp3) is 0.200. The van der Waals surface area contributed by atoms with Gasteiger partial charge in [-0.25, -0.2) is 13.2 Å². The number of fused-ring (bicyclic) bond motifs is 1. The third-order valence-electron chi connectivity index (χ3n) is 2.21. The Bertz CT molecular complexity index is 401. The third kappa shape index (κ3) is 1.32. The number of aliphatic hydroxyl groups is 1. The Morgan fingerprint density at radius 2 is 1.79 bits per heavy atom. The van der Waals surface area contributed by atoms with Crippen LogP contribution in [0.2, 0.25) is 0 Å². The number of halogens is 3. The molecule has 0 amide bonds. The Balaban J connectivity index is 2.58. The zero-order chi connectivity index (χ0) is 10.3. The fourth-order valence-electron chi connectivity index (χ4n) is 1.45. The highest BCUT2D eigenvalue weighted by Gasteiger charge is 2.25. The molecule has 0 saturated heterocycles. The van der Waals surface area contributed by atoms with E-state index in [9.17, 15) is 18.3 Å². The molecule has 1 aromatic carbocycles. The van der Waals surface area contributed by atoms with Crippen LogP contribution in [0.15, 0.2) is 18.2 Å². The van der Waals surface area contributed by atoms with Gasteiger partial charge in [0.15, 0.2) is 11.6 Å². The molecule has 0 unspecified atom stereocenters. The standard InChI is InChI=1S/C10H7F3O/c11-7-2-1-5-3-8(12)9(13)4-6(5)10(7)14/h1-4,7,10,14H/t7-,10-/m1/s1. The van der Waals surface area contributed by atoms with Crippen molar-refractivity contribution in [2.45, 2.75) is 12.3 Å². The molecule has 1 aliphatic rings. The highest BCUT2D eigenvalue weighted by atomic mass is 19.2. The molecule has 0 heterocycles. The molecule has 1 N–H and O–H groups in total. The first kappa shape index (κ1) is 9.27. The molecular formula is C10H7F3O. The summed E-state index contributed by atoms with van der Waals surface area (Å²) in [6.07, 6.45) is -0.531. The van der Waals surface area contributed by atoms with E-state index < -0.39 is 23.9 Å². The Hall–Kier alpha value is -1.29. The van der Waals surface area contributed by atoms with Crippen molar-refractivity contribution in [2.24, 2.45) is 0 Å². The van der Waals surface area contributed by atoms with Gasteiger partial charge in [0.05, 0.1) is 0 Å². The van der Waals surface area contributed by atoms with E-state index in [2.05, 4.69) is 0 Å². The van der Waals surface area contributed by atoms with Gasteiger partial charge >= 0.3 is 0 Å². The lowest BCUT2D eigenvalue weighted by Gasteiger charge is -2.20. The summed E-state index contributed by atoms with van der Waals surface area (Å²) in [5.74, 6) is -2.08. The predicted octanol–water partition coefficient (Wildman–Crippen LogP) is 2.36. The van der Waals surface area contributed by atoms with Crippen molar-refractivity contribution in [1.82, 2.24) is 0 Å². The zero-order valence-electron chi connectivity index (χ0n) is 7.05. The van der Waals surface area contributed by atoms with Crippen LogP contribution in [0.25, 0.3) is 6.08 Å². The van der Waals surface area contributed by atoms with Crippen LogP contribution < -0.4 is 0 Å². The number of hydrogen-bond acceptors (Lipinski definition) is 1. The van der Waals surface area contributed by atoms with Crippen LogP contribution in [0.4, 0.5) is 13.2 Å². The van der Waals surface area contributed by atoms with E-state index in [1.54, 1.807) is 0 Å². The Morgan fingerprint density at radius 3 is 2.50 bits per heavy atom. The van der Waals surface area contributed by atoms with Gasteiger partial charge in [-0.15, -0.1) is 0 Å². The first-order valence-electron chi connectivity index (χ1n) is 4.09.